The summed E-state index contributed by atoms with van der Waals surface area (Å²) in [6, 6.07) is 0. The molecule has 0 fully saturated rings. The maximum absolute atomic E-state index is 12.0. The number of hydrogen-bond donors (Lipinski definition) is 3. The summed E-state index contributed by atoms with van der Waals surface area (Å²) in [7, 11) is 0. The van der Waals surface area contributed by atoms with E-state index in [0.717, 1.165) is 57.8 Å². The van der Waals surface area contributed by atoms with Crippen molar-refractivity contribution in [1.29, 1.82) is 0 Å². The Balaban J connectivity index is 3.51. The van der Waals surface area contributed by atoms with Crippen LogP contribution in [0.1, 0.15) is 90.4 Å². The zero-order valence-corrected chi connectivity index (χ0v) is 17.4. The van der Waals surface area contributed by atoms with Gasteiger partial charge in [-0.3, -0.25) is 4.79 Å². The molecular weight excluding hydrogens is 342 g/mol. The van der Waals surface area contributed by atoms with Crippen LogP contribution >= 0.6 is 0 Å². The van der Waals surface area contributed by atoms with Gasteiger partial charge in [0.05, 0.1) is 19.3 Å². The SMILES string of the molecule is CCCCCC[C@@H](O)C/C=C\CCCCCCCC(=O)N(CCO)CCO. The van der Waals surface area contributed by atoms with Crippen molar-refractivity contribution < 1.29 is 20.1 Å². The van der Waals surface area contributed by atoms with Gasteiger partial charge in [-0.15, -0.1) is 0 Å². The maximum atomic E-state index is 12.0. The minimum absolute atomic E-state index is 0.0225. The molecule has 0 aromatic rings. The highest BCUT2D eigenvalue weighted by Gasteiger charge is 2.11. The lowest BCUT2D eigenvalue weighted by Gasteiger charge is -2.20. The maximum Gasteiger partial charge on any atom is 0.222 e. The molecule has 27 heavy (non-hydrogen) atoms. The fraction of sp³-hybridized carbons (Fsp3) is 0.864. The first kappa shape index (κ1) is 26.1. The number of hydrogen-bond acceptors (Lipinski definition) is 4. The summed E-state index contributed by atoms with van der Waals surface area (Å²) in [6.07, 6.45) is 17.5. The van der Waals surface area contributed by atoms with Gasteiger partial charge in [-0.05, 0) is 32.1 Å². The van der Waals surface area contributed by atoms with Gasteiger partial charge in [0.2, 0.25) is 5.91 Å². The van der Waals surface area contributed by atoms with Gasteiger partial charge in [0.1, 0.15) is 0 Å². The molecule has 0 bridgehead atoms. The van der Waals surface area contributed by atoms with Crippen molar-refractivity contribution in [1.82, 2.24) is 4.90 Å². The molecule has 1 amide bonds. The van der Waals surface area contributed by atoms with E-state index in [1.54, 1.807) is 0 Å². The lowest BCUT2D eigenvalue weighted by Crippen LogP contribution is -2.35. The van der Waals surface area contributed by atoms with Crippen LogP contribution in [0.2, 0.25) is 0 Å². The van der Waals surface area contributed by atoms with Crippen LogP contribution in [0.5, 0.6) is 0 Å². The molecule has 5 heteroatoms. The molecule has 0 aliphatic carbocycles. The quantitative estimate of drug-likeness (QED) is 0.233. The summed E-state index contributed by atoms with van der Waals surface area (Å²) in [5, 5.41) is 27.8. The highest BCUT2D eigenvalue weighted by Crippen LogP contribution is 2.11. The van der Waals surface area contributed by atoms with Crippen molar-refractivity contribution >= 4 is 5.91 Å². The van der Waals surface area contributed by atoms with E-state index in [9.17, 15) is 9.90 Å². The van der Waals surface area contributed by atoms with Crippen molar-refractivity contribution in [3.05, 3.63) is 12.2 Å². The smallest absolute Gasteiger partial charge is 0.222 e. The van der Waals surface area contributed by atoms with Gasteiger partial charge in [0.15, 0.2) is 0 Å². The zero-order chi connectivity index (χ0) is 20.2. The number of carbonyl (C=O) groups is 1. The number of allylic oxidation sites excluding steroid dienone is 1. The zero-order valence-electron chi connectivity index (χ0n) is 17.4. The highest BCUT2D eigenvalue weighted by molar-refractivity contribution is 5.76. The van der Waals surface area contributed by atoms with Crippen LogP contribution < -0.4 is 0 Å². The molecule has 0 spiro atoms. The van der Waals surface area contributed by atoms with E-state index < -0.39 is 0 Å². The second-order valence-electron chi connectivity index (χ2n) is 7.34. The lowest BCUT2D eigenvalue weighted by molar-refractivity contribution is -0.132. The van der Waals surface area contributed by atoms with Crippen molar-refractivity contribution in [3.63, 3.8) is 0 Å². The van der Waals surface area contributed by atoms with Crippen LogP contribution in [0.25, 0.3) is 0 Å². The summed E-state index contributed by atoms with van der Waals surface area (Å²) in [5.74, 6) is 0.0225. The molecule has 1 atom stereocenters. The van der Waals surface area contributed by atoms with Crippen molar-refractivity contribution in [3.8, 4) is 0 Å². The lowest BCUT2D eigenvalue weighted by atomic mass is 10.1. The van der Waals surface area contributed by atoms with Gasteiger partial charge in [0.25, 0.3) is 0 Å². The predicted octanol–water partition coefficient (Wildman–Crippen LogP) is 3.81. The van der Waals surface area contributed by atoms with E-state index in [4.69, 9.17) is 10.2 Å². The third-order valence-electron chi connectivity index (χ3n) is 4.82. The molecule has 0 radical (unpaired) electrons. The van der Waals surface area contributed by atoms with E-state index >= 15 is 0 Å². The van der Waals surface area contributed by atoms with Crippen LogP contribution in [-0.2, 0) is 4.79 Å². The Hall–Kier alpha value is -0.910. The Kier molecular flexibility index (Phi) is 19.2. The van der Waals surface area contributed by atoms with E-state index in [2.05, 4.69) is 19.1 Å². The molecule has 0 heterocycles. The molecule has 0 aliphatic heterocycles. The van der Waals surface area contributed by atoms with Crippen LogP contribution in [0, 0.1) is 0 Å². The first-order chi connectivity index (χ1) is 13.2. The van der Waals surface area contributed by atoms with Crippen molar-refractivity contribution in [2.24, 2.45) is 0 Å². The van der Waals surface area contributed by atoms with E-state index in [1.807, 2.05) is 0 Å². The Bertz CT molecular complexity index is 354. The number of aliphatic hydroxyl groups excluding tert-OH is 3. The highest BCUT2D eigenvalue weighted by atomic mass is 16.3. The first-order valence-corrected chi connectivity index (χ1v) is 11.0. The molecule has 0 rings (SSSR count). The third-order valence-corrected chi connectivity index (χ3v) is 4.82. The number of rotatable bonds is 19. The minimum Gasteiger partial charge on any atom is -0.395 e. The Morgan fingerprint density at radius 2 is 1.52 bits per heavy atom. The number of carbonyl (C=O) groups excluding carboxylic acids is 1. The Labute approximate surface area is 166 Å². The fourth-order valence-electron chi connectivity index (χ4n) is 3.13. The average Bonchev–Trinajstić information content (AvgIpc) is 2.66. The van der Waals surface area contributed by atoms with Gasteiger partial charge >= 0.3 is 0 Å². The second kappa shape index (κ2) is 19.8. The van der Waals surface area contributed by atoms with Crippen molar-refractivity contribution in [2.45, 2.75) is 96.5 Å². The molecule has 5 nitrogen and oxygen atoms in total. The van der Waals surface area contributed by atoms with Gasteiger partial charge < -0.3 is 20.2 Å². The Morgan fingerprint density at radius 1 is 0.889 bits per heavy atom. The van der Waals surface area contributed by atoms with Crippen LogP contribution in [0.15, 0.2) is 12.2 Å². The standard InChI is InChI=1S/C22H43NO4/c1-2-3-4-11-14-21(26)15-12-9-7-5-6-8-10-13-16-22(27)23(17-19-24)18-20-25/h9,12,21,24-26H,2-8,10-11,13-20H2,1H3/b12-9-/t21-/m1/s1. The first-order valence-electron chi connectivity index (χ1n) is 11.0. The molecule has 0 unspecified atom stereocenters. The van der Waals surface area contributed by atoms with E-state index in [0.29, 0.717) is 19.5 Å². The monoisotopic (exact) mass is 385 g/mol. The second-order valence-corrected chi connectivity index (χ2v) is 7.34. The van der Waals surface area contributed by atoms with E-state index in [-0.39, 0.29) is 25.2 Å². The summed E-state index contributed by atoms with van der Waals surface area (Å²) in [5.41, 5.74) is 0. The topological polar surface area (TPSA) is 81.0 Å². The third kappa shape index (κ3) is 17.0. The number of aliphatic hydroxyl groups is 3. The molecule has 0 saturated heterocycles. The Morgan fingerprint density at radius 3 is 2.19 bits per heavy atom. The molecule has 0 aromatic carbocycles. The normalized spacial score (nSPS) is 12.6. The van der Waals surface area contributed by atoms with E-state index in [1.165, 1.54) is 24.2 Å². The predicted molar refractivity (Wildman–Crippen MR) is 112 cm³/mol. The van der Waals surface area contributed by atoms with Gasteiger partial charge in [-0.2, -0.15) is 0 Å². The molecule has 160 valence electrons. The molecule has 3 N–H and O–H groups in total. The minimum atomic E-state index is -0.188. The van der Waals surface area contributed by atoms with Crippen LogP contribution in [-0.4, -0.2) is 58.5 Å². The summed E-state index contributed by atoms with van der Waals surface area (Å²) in [6.45, 7) is 2.69. The average molecular weight is 386 g/mol. The number of unbranched alkanes of at least 4 members (excludes halogenated alkanes) is 8. The van der Waals surface area contributed by atoms with Crippen LogP contribution in [0.4, 0.5) is 0 Å². The van der Waals surface area contributed by atoms with Gasteiger partial charge in [0, 0.05) is 19.5 Å². The molecular formula is C22H43NO4. The number of amides is 1. The fourth-order valence-corrected chi connectivity index (χ4v) is 3.13. The molecule has 0 saturated carbocycles. The summed E-state index contributed by atoms with van der Waals surface area (Å²) >= 11 is 0. The van der Waals surface area contributed by atoms with Gasteiger partial charge in [-0.25, -0.2) is 0 Å². The van der Waals surface area contributed by atoms with Gasteiger partial charge in [-0.1, -0.05) is 64.0 Å². The molecule has 0 aromatic heterocycles. The van der Waals surface area contributed by atoms with Crippen LogP contribution in [0.3, 0.4) is 0 Å². The largest absolute Gasteiger partial charge is 0.395 e. The summed E-state index contributed by atoms with van der Waals surface area (Å²) < 4.78 is 0. The summed E-state index contributed by atoms with van der Waals surface area (Å²) in [4.78, 5) is 13.5. The van der Waals surface area contributed by atoms with Crippen molar-refractivity contribution in [2.75, 3.05) is 26.3 Å². The molecule has 0 aliphatic rings. The number of nitrogens with zero attached hydrogens (tertiary/aromatic N) is 1.